The maximum absolute atomic E-state index is 9.81. The highest BCUT2D eigenvalue weighted by atomic mass is 16.7. The molecule has 0 aliphatic carbocycles. The molecule has 0 unspecified atom stereocenters. The molecule has 1 aliphatic heterocycles. The number of aliphatic hydroxyl groups excluding tert-OH is 2. The van der Waals surface area contributed by atoms with Crippen LogP contribution in [0.25, 0.3) is 0 Å². The van der Waals surface area contributed by atoms with Crippen LogP contribution in [0.1, 0.15) is 0 Å². The molecule has 1 fully saturated rings. The molecule has 15 heavy (non-hydrogen) atoms. The van der Waals surface area contributed by atoms with Crippen molar-refractivity contribution in [2.75, 3.05) is 27.9 Å². The van der Waals surface area contributed by atoms with Gasteiger partial charge in [-0.15, -0.1) is 0 Å². The van der Waals surface area contributed by atoms with Gasteiger partial charge in [-0.1, -0.05) is 0 Å². The summed E-state index contributed by atoms with van der Waals surface area (Å²) in [6.07, 6.45) is -3.40. The molecule has 0 aromatic heterocycles. The fourth-order valence-electron chi connectivity index (χ4n) is 1.79. The van der Waals surface area contributed by atoms with Gasteiger partial charge in [-0.25, -0.2) is 0 Å². The first-order valence-electron chi connectivity index (χ1n) is 4.72. The van der Waals surface area contributed by atoms with E-state index in [0.29, 0.717) is 0 Å². The lowest BCUT2D eigenvalue weighted by molar-refractivity contribution is -0.301. The van der Waals surface area contributed by atoms with Gasteiger partial charge in [-0.3, -0.25) is 0 Å². The molecule has 0 saturated carbocycles. The Morgan fingerprint density at radius 2 is 1.67 bits per heavy atom. The van der Waals surface area contributed by atoms with Crippen LogP contribution in [0.15, 0.2) is 0 Å². The maximum Gasteiger partial charge on any atom is 0.186 e. The van der Waals surface area contributed by atoms with Gasteiger partial charge in [0.25, 0.3) is 0 Å². The SMILES string of the molecule is CO[C@@H]1O[C@H](CO)[C@@H](OC)[C@H](OC)[C@H]1O. The van der Waals surface area contributed by atoms with E-state index in [2.05, 4.69) is 0 Å². The summed E-state index contributed by atoms with van der Waals surface area (Å²) in [6.45, 7) is -0.217. The van der Waals surface area contributed by atoms with Crippen molar-refractivity contribution in [2.24, 2.45) is 0 Å². The van der Waals surface area contributed by atoms with Gasteiger partial charge in [0.2, 0.25) is 0 Å². The van der Waals surface area contributed by atoms with E-state index in [1.807, 2.05) is 0 Å². The molecular formula is C9H18O6. The summed E-state index contributed by atoms with van der Waals surface area (Å²) in [5, 5.41) is 18.9. The second kappa shape index (κ2) is 5.74. The van der Waals surface area contributed by atoms with E-state index in [0.717, 1.165) is 0 Å². The summed E-state index contributed by atoms with van der Waals surface area (Å²) in [6, 6.07) is 0. The average Bonchev–Trinajstić information content (AvgIpc) is 2.28. The average molecular weight is 222 g/mol. The monoisotopic (exact) mass is 222 g/mol. The van der Waals surface area contributed by atoms with Gasteiger partial charge in [0.1, 0.15) is 24.4 Å². The molecule has 0 aromatic rings. The number of rotatable bonds is 4. The Kier molecular flexibility index (Phi) is 4.91. The van der Waals surface area contributed by atoms with Gasteiger partial charge in [-0.2, -0.15) is 0 Å². The predicted molar refractivity (Wildman–Crippen MR) is 50.4 cm³/mol. The number of hydrogen-bond acceptors (Lipinski definition) is 6. The summed E-state index contributed by atoms with van der Waals surface area (Å²) >= 11 is 0. The van der Waals surface area contributed by atoms with Crippen molar-refractivity contribution >= 4 is 0 Å². The van der Waals surface area contributed by atoms with Gasteiger partial charge < -0.3 is 29.2 Å². The number of hydrogen-bond donors (Lipinski definition) is 2. The fourth-order valence-corrected chi connectivity index (χ4v) is 1.79. The Hall–Kier alpha value is -0.240. The zero-order valence-corrected chi connectivity index (χ0v) is 9.12. The molecule has 90 valence electrons. The van der Waals surface area contributed by atoms with Gasteiger partial charge >= 0.3 is 0 Å². The molecule has 5 atom stereocenters. The van der Waals surface area contributed by atoms with Gasteiger partial charge in [-0.05, 0) is 0 Å². The predicted octanol–water partition coefficient (Wildman–Crippen LogP) is -1.26. The van der Waals surface area contributed by atoms with E-state index in [-0.39, 0.29) is 6.61 Å². The molecule has 1 saturated heterocycles. The van der Waals surface area contributed by atoms with Gasteiger partial charge in [0.15, 0.2) is 6.29 Å². The minimum Gasteiger partial charge on any atom is -0.394 e. The van der Waals surface area contributed by atoms with E-state index >= 15 is 0 Å². The second-order valence-corrected chi connectivity index (χ2v) is 3.35. The van der Waals surface area contributed by atoms with Crippen LogP contribution in [0.3, 0.4) is 0 Å². The summed E-state index contributed by atoms with van der Waals surface area (Å²) in [5.74, 6) is 0. The van der Waals surface area contributed by atoms with E-state index in [9.17, 15) is 5.11 Å². The number of ether oxygens (including phenoxy) is 4. The summed E-state index contributed by atoms with van der Waals surface area (Å²) in [7, 11) is 4.36. The molecule has 6 heteroatoms. The topological polar surface area (TPSA) is 77.4 Å². The highest BCUT2D eigenvalue weighted by molar-refractivity contribution is 4.90. The first-order chi connectivity index (χ1) is 7.19. The third-order valence-corrected chi connectivity index (χ3v) is 2.57. The van der Waals surface area contributed by atoms with E-state index in [1.54, 1.807) is 0 Å². The lowest BCUT2D eigenvalue weighted by Crippen LogP contribution is -2.60. The van der Waals surface area contributed by atoms with E-state index in [1.165, 1.54) is 21.3 Å². The third-order valence-electron chi connectivity index (χ3n) is 2.57. The molecule has 0 bridgehead atoms. The van der Waals surface area contributed by atoms with Crippen molar-refractivity contribution in [3.05, 3.63) is 0 Å². The Bertz CT molecular complexity index is 187. The summed E-state index contributed by atoms with van der Waals surface area (Å²) in [4.78, 5) is 0. The van der Waals surface area contributed by atoms with Crippen LogP contribution < -0.4 is 0 Å². The molecule has 0 amide bonds. The number of methoxy groups -OCH3 is 3. The molecule has 0 radical (unpaired) electrons. The lowest BCUT2D eigenvalue weighted by atomic mass is 9.99. The van der Waals surface area contributed by atoms with E-state index in [4.69, 9.17) is 24.1 Å². The van der Waals surface area contributed by atoms with Gasteiger partial charge in [0, 0.05) is 21.3 Å². The van der Waals surface area contributed by atoms with Crippen molar-refractivity contribution in [3.63, 3.8) is 0 Å². The highest BCUT2D eigenvalue weighted by Crippen LogP contribution is 2.25. The zero-order valence-electron chi connectivity index (χ0n) is 9.12. The Labute approximate surface area is 88.7 Å². The molecule has 2 N–H and O–H groups in total. The quantitative estimate of drug-likeness (QED) is 0.618. The molecule has 6 nitrogen and oxygen atoms in total. The normalized spacial score (nSPS) is 41.8. The standard InChI is InChI=1S/C9H18O6/c1-12-7-5(4-10)15-9(14-3)6(11)8(7)13-2/h5-11H,4H2,1-3H3/t5-,6-,7-,8-,9-/m1/s1. The lowest BCUT2D eigenvalue weighted by Gasteiger charge is -2.42. The van der Waals surface area contributed by atoms with Crippen molar-refractivity contribution in [1.82, 2.24) is 0 Å². The molecule has 0 aromatic carbocycles. The molecule has 0 spiro atoms. The zero-order chi connectivity index (χ0) is 11.4. The number of aliphatic hydroxyl groups is 2. The summed E-state index contributed by atoms with van der Waals surface area (Å²) < 4.78 is 20.5. The van der Waals surface area contributed by atoms with Crippen LogP contribution in [0.2, 0.25) is 0 Å². The Morgan fingerprint density at radius 1 is 1.07 bits per heavy atom. The van der Waals surface area contributed by atoms with Crippen LogP contribution in [0.4, 0.5) is 0 Å². The van der Waals surface area contributed by atoms with Crippen molar-refractivity contribution in [1.29, 1.82) is 0 Å². The van der Waals surface area contributed by atoms with E-state index < -0.39 is 30.7 Å². The highest BCUT2D eigenvalue weighted by Gasteiger charge is 2.45. The Morgan fingerprint density at radius 3 is 2.07 bits per heavy atom. The van der Waals surface area contributed by atoms with Crippen molar-refractivity contribution < 1.29 is 29.2 Å². The fraction of sp³-hybridized carbons (Fsp3) is 1.00. The minimum atomic E-state index is -0.937. The molecule has 1 heterocycles. The minimum absolute atomic E-state index is 0.217. The molecule has 1 rings (SSSR count). The largest absolute Gasteiger partial charge is 0.394 e. The van der Waals surface area contributed by atoms with Gasteiger partial charge in [0.05, 0.1) is 6.61 Å². The first kappa shape index (κ1) is 12.8. The smallest absolute Gasteiger partial charge is 0.186 e. The third kappa shape index (κ3) is 2.47. The molecular weight excluding hydrogens is 204 g/mol. The van der Waals surface area contributed by atoms with Crippen molar-refractivity contribution in [2.45, 2.75) is 30.7 Å². The maximum atomic E-state index is 9.81. The van der Waals surface area contributed by atoms with Crippen LogP contribution >= 0.6 is 0 Å². The first-order valence-corrected chi connectivity index (χ1v) is 4.72. The van der Waals surface area contributed by atoms with Crippen LogP contribution in [0.5, 0.6) is 0 Å². The van der Waals surface area contributed by atoms with Crippen molar-refractivity contribution in [3.8, 4) is 0 Å². The van der Waals surface area contributed by atoms with Crippen LogP contribution in [-0.2, 0) is 18.9 Å². The van der Waals surface area contributed by atoms with Crippen LogP contribution in [0, 0.1) is 0 Å². The second-order valence-electron chi connectivity index (χ2n) is 3.35. The molecule has 1 aliphatic rings. The summed E-state index contributed by atoms with van der Waals surface area (Å²) in [5.41, 5.74) is 0. The van der Waals surface area contributed by atoms with Crippen LogP contribution in [-0.4, -0.2) is 68.9 Å². The Balaban J connectivity index is 2.78.